The van der Waals surface area contributed by atoms with Gasteiger partial charge in [-0.3, -0.25) is 0 Å². The van der Waals surface area contributed by atoms with E-state index in [2.05, 4.69) is 43.4 Å². The first-order valence-corrected chi connectivity index (χ1v) is 5.63. The van der Waals surface area contributed by atoms with Crippen LogP contribution in [0.15, 0.2) is 24.3 Å². The minimum Gasteiger partial charge on any atom is -0.330 e. The molecular formula is C13H22N2. The topological polar surface area (TPSA) is 38.0 Å². The van der Waals surface area contributed by atoms with E-state index in [1.807, 2.05) is 7.05 Å². The van der Waals surface area contributed by atoms with Crippen molar-refractivity contribution < 1.29 is 0 Å². The highest BCUT2D eigenvalue weighted by atomic mass is 14.8. The molecule has 3 N–H and O–H groups in total. The Kier molecular flexibility index (Phi) is 4.79. The van der Waals surface area contributed by atoms with Crippen molar-refractivity contribution in [3.63, 3.8) is 0 Å². The summed E-state index contributed by atoms with van der Waals surface area (Å²) in [6.45, 7) is 6.07. The standard InChI is InChI=1S/C13H22N2/c1-10(2)11-5-4-6-12(7-11)13(8-14)9-15-3/h4-7,10,13,15H,8-9,14H2,1-3H3. The van der Waals surface area contributed by atoms with Gasteiger partial charge in [-0.15, -0.1) is 0 Å². The molecule has 15 heavy (non-hydrogen) atoms. The van der Waals surface area contributed by atoms with Crippen LogP contribution in [-0.2, 0) is 0 Å². The molecule has 0 aliphatic rings. The minimum atomic E-state index is 0.425. The second-order valence-electron chi connectivity index (χ2n) is 4.32. The van der Waals surface area contributed by atoms with Gasteiger partial charge in [-0.05, 0) is 24.1 Å². The first-order valence-electron chi connectivity index (χ1n) is 5.63. The quantitative estimate of drug-likeness (QED) is 0.774. The lowest BCUT2D eigenvalue weighted by atomic mass is 9.94. The Morgan fingerprint density at radius 2 is 1.93 bits per heavy atom. The Hall–Kier alpha value is -0.860. The van der Waals surface area contributed by atoms with Crippen molar-refractivity contribution in [1.82, 2.24) is 5.32 Å². The largest absolute Gasteiger partial charge is 0.330 e. The van der Waals surface area contributed by atoms with Gasteiger partial charge in [0.05, 0.1) is 0 Å². The lowest BCUT2D eigenvalue weighted by Crippen LogP contribution is -2.24. The van der Waals surface area contributed by atoms with Crippen LogP contribution in [-0.4, -0.2) is 20.1 Å². The van der Waals surface area contributed by atoms with Gasteiger partial charge in [0.1, 0.15) is 0 Å². The van der Waals surface area contributed by atoms with Crippen LogP contribution >= 0.6 is 0 Å². The van der Waals surface area contributed by atoms with Crippen LogP contribution in [0.4, 0.5) is 0 Å². The molecule has 1 atom stereocenters. The first-order chi connectivity index (χ1) is 7.19. The highest BCUT2D eigenvalue weighted by Crippen LogP contribution is 2.20. The molecular weight excluding hydrogens is 184 g/mol. The summed E-state index contributed by atoms with van der Waals surface area (Å²) in [4.78, 5) is 0. The van der Waals surface area contributed by atoms with Gasteiger partial charge in [0, 0.05) is 19.0 Å². The van der Waals surface area contributed by atoms with Crippen molar-refractivity contribution >= 4 is 0 Å². The minimum absolute atomic E-state index is 0.425. The molecule has 1 unspecified atom stereocenters. The highest BCUT2D eigenvalue weighted by Gasteiger charge is 2.09. The molecule has 0 bridgehead atoms. The average molecular weight is 206 g/mol. The van der Waals surface area contributed by atoms with Gasteiger partial charge in [-0.25, -0.2) is 0 Å². The zero-order valence-corrected chi connectivity index (χ0v) is 9.96. The summed E-state index contributed by atoms with van der Waals surface area (Å²) in [6.07, 6.45) is 0. The van der Waals surface area contributed by atoms with Crippen LogP contribution in [0.25, 0.3) is 0 Å². The summed E-state index contributed by atoms with van der Waals surface area (Å²) in [5.41, 5.74) is 8.51. The fourth-order valence-electron chi connectivity index (χ4n) is 1.76. The molecule has 0 saturated heterocycles. The number of hydrogen-bond acceptors (Lipinski definition) is 2. The van der Waals surface area contributed by atoms with Gasteiger partial charge in [0.15, 0.2) is 0 Å². The zero-order valence-electron chi connectivity index (χ0n) is 9.96. The predicted molar refractivity (Wildman–Crippen MR) is 66.3 cm³/mol. The lowest BCUT2D eigenvalue weighted by Gasteiger charge is -2.16. The number of rotatable bonds is 5. The molecule has 2 heteroatoms. The van der Waals surface area contributed by atoms with E-state index in [4.69, 9.17) is 5.73 Å². The van der Waals surface area contributed by atoms with Crippen LogP contribution in [0.3, 0.4) is 0 Å². The van der Waals surface area contributed by atoms with Crippen LogP contribution in [0.2, 0.25) is 0 Å². The summed E-state index contributed by atoms with van der Waals surface area (Å²) < 4.78 is 0. The molecule has 1 aromatic carbocycles. The van der Waals surface area contributed by atoms with E-state index in [1.165, 1.54) is 11.1 Å². The maximum atomic E-state index is 5.78. The third kappa shape index (κ3) is 3.33. The molecule has 0 radical (unpaired) electrons. The molecule has 2 nitrogen and oxygen atoms in total. The van der Waals surface area contributed by atoms with Gasteiger partial charge in [-0.1, -0.05) is 38.1 Å². The molecule has 0 aliphatic heterocycles. The molecule has 0 spiro atoms. The number of nitrogens with two attached hydrogens (primary N) is 1. The molecule has 1 aromatic rings. The molecule has 1 rings (SSSR count). The smallest absolute Gasteiger partial charge is 0.00863 e. The number of benzene rings is 1. The van der Waals surface area contributed by atoms with E-state index in [0.717, 1.165) is 6.54 Å². The summed E-state index contributed by atoms with van der Waals surface area (Å²) in [6, 6.07) is 8.75. The van der Waals surface area contributed by atoms with Crippen molar-refractivity contribution in [2.75, 3.05) is 20.1 Å². The van der Waals surface area contributed by atoms with Gasteiger partial charge in [0.2, 0.25) is 0 Å². The lowest BCUT2D eigenvalue weighted by molar-refractivity contribution is 0.636. The molecule has 0 aromatic heterocycles. The second kappa shape index (κ2) is 5.89. The predicted octanol–water partition coefficient (Wildman–Crippen LogP) is 2.07. The monoisotopic (exact) mass is 206 g/mol. The Morgan fingerprint density at radius 1 is 1.27 bits per heavy atom. The van der Waals surface area contributed by atoms with Gasteiger partial charge < -0.3 is 11.1 Å². The van der Waals surface area contributed by atoms with E-state index >= 15 is 0 Å². The molecule has 0 fully saturated rings. The van der Waals surface area contributed by atoms with Crippen LogP contribution in [0.1, 0.15) is 36.8 Å². The Bertz CT molecular complexity index is 294. The number of hydrogen-bond donors (Lipinski definition) is 2. The van der Waals surface area contributed by atoms with E-state index in [0.29, 0.717) is 18.4 Å². The maximum absolute atomic E-state index is 5.78. The van der Waals surface area contributed by atoms with Gasteiger partial charge in [0.25, 0.3) is 0 Å². The number of nitrogens with one attached hydrogen (secondary N) is 1. The average Bonchev–Trinajstić information content (AvgIpc) is 2.26. The fourth-order valence-corrected chi connectivity index (χ4v) is 1.76. The van der Waals surface area contributed by atoms with Crippen molar-refractivity contribution in [1.29, 1.82) is 0 Å². The summed E-state index contributed by atoms with van der Waals surface area (Å²) >= 11 is 0. The SMILES string of the molecule is CNCC(CN)c1cccc(C(C)C)c1. The zero-order chi connectivity index (χ0) is 11.3. The van der Waals surface area contributed by atoms with Crippen molar-refractivity contribution in [3.05, 3.63) is 35.4 Å². The molecule has 0 saturated carbocycles. The van der Waals surface area contributed by atoms with E-state index in [-0.39, 0.29) is 0 Å². The molecule has 0 amide bonds. The van der Waals surface area contributed by atoms with Crippen LogP contribution in [0.5, 0.6) is 0 Å². The van der Waals surface area contributed by atoms with E-state index < -0.39 is 0 Å². The Morgan fingerprint density at radius 3 is 2.47 bits per heavy atom. The van der Waals surface area contributed by atoms with Crippen molar-refractivity contribution in [2.45, 2.75) is 25.7 Å². The first kappa shape index (κ1) is 12.2. The Balaban J connectivity index is 2.87. The van der Waals surface area contributed by atoms with Crippen molar-refractivity contribution in [3.8, 4) is 0 Å². The van der Waals surface area contributed by atoms with Crippen molar-refractivity contribution in [2.24, 2.45) is 5.73 Å². The maximum Gasteiger partial charge on any atom is 0.00863 e. The normalized spacial score (nSPS) is 13.1. The second-order valence-corrected chi connectivity index (χ2v) is 4.32. The molecule has 0 aliphatic carbocycles. The van der Waals surface area contributed by atoms with E-state index in [1.54, 1.807) is 0 Å². The summed E-state index contributed by atoms with van der Waals surface area (Å²) in [5, 5.41) is 3.19. The molecule has 0 heterocycles. The van der Waals surface area contributed by atoms with E-state index in [9.17, 15) is 0 Å². The molecule has 84 valence electrons. The highest BCUT2D eigenvalue weighted by molar-refractivity contribution is 5.28. The van der Waals surface area contributed by atoms with Gasteiger partial charge in [-0.2, -0.15) is 0 Å². The fraction of sp³-hybridized carbons (Fsp3) is 0.538. The van der Waals surface area contributed by atoms with Crippen LogP contribution in [0, 0.1) is 0 Å². The van der Waals surface area contributed by atoms with Gasteiger partial charge >= 0.3 is 0 Å². The third-order valence-electron chi connectivity index (χ3n) is 2.78. The summed E-state index contributed by atoms with van der Waals surface area (Å²) in [7, 11) is 1.97. The Labute approximate surface area is 92.9 Å². The summed E-state index contributed by atoms with van der Waals surface area (Å²) in [5.74, 6) is 1.01. The third-order valence-corrected chi connectivity index (χ3v) is 2.78. The van der Waals surface area contributed by atoms with Crippen LogP contribution < -0.4 is 11.1 Å². The number of likely N-dealkylation sites (N-methyl/N-ethyl adjacent to an activating group) is 1.